The average molecular weight is 591 g/mol. The van der Waals surface area contributed by atoms with Gasteiger partial charge in [0.25, 0.3) is 11.8 Å². The molecule has 7 rings (SSSR count). The molecule has 8 nitrogen and oxygen atoms in total. The minimum Gasteiger partial charge on any atom is -0.497 e. The fraction of sp³-hybridized carbons (Fsp3) is 0.147. The second-order valence-electron chi connectivity index (χ2n) is 10.6. The van der Waals surface area contributed by atoms with Crippen LogP contribution in [0.4, 0.5) is 10.5 Å². The molecule has 1 aromatic heterocycles. The van der Waals surface area contributed by atoms with E-state index in [1.807, 2.05) is 66.7 Å². The molecule has 1 fully saturated rings. The number of methoxy groups -OCH3 is 1. The maximum absolute atomic E-state index is 14.3. The van der Waals surface area contributed by atoms with Crippen molar-refractivity contribution in [3.63, 3.8) is 0 Å². The van der Waals surface area contributed by atoms with Gasteiger partial charge in [-0.1, -0.05) is 72.3 Å². The molecule has 0 aliphatic carbocycles. The molecule has 9 heteroatoms. The van der Waals surface area contributed by atoms with Crippen molar-refractivity contribution in [2.24, 2.45) is 0 Å². The summed E-state index contributed by atoms with van der Waals surface area (Å²) in [6.45, 7) is 0.198. The molecule has 0 bridgehead atoms. The first-order chi connectivity index (χ1) is 21.0. The van der Waals surface area contributed by atoms with E-state index in [0.717, 1.165) is 38.2 Å². The van der Waals surface area contributed by atoms with Gasteiger partial charge in [-0.25, -0.2) is 9.69 Å². The zero-order valence-electron chi connectivity index (χ0n) is 23.2. The molecule has 0 saturated carbocycles. The van der Waals surface area contributed by atoms with Gasteiger partial charge in [0.2, 0.25) is 0 Å². The Hall–Kier alpha value is -5.08. The van der Waals surface area contributed by atoms with Crippen molar-refractivity contribution in [1.82, 2.24) is 15.2 Å². The van der Waals surface area contributed by atoms with Crippen LogP contribution >= 0.6 is 11.6 Å². The summed E-state index contributed by atoms with van der Waals surface area (Å²) in [4.78, 5) is 48.3. The van der Waals surface area contributed by atoms with Gasteiger partial charge < -0.3 is 15.0 Å². The lowest BCUT2D eigenvalue weighted by molar-refractivity contribution is -0.120. The number of imide groups is 1. The van der Waals surface area contributed by atoms with E-state index in [9.17, 15) is 14.4 Å². The number of benzene rings is 4. The molecule has 1 saturated heterocycles. The molecule has 4 aromatic carbocycles. The van der Waals surface area contributed by atoms with E-state index in [-0.39, 0.29) is 23.7 Å². The van der Waals surface area contributed by atoms with Crippen molar-refractivity contribution in [3.8, 4) is 5.75 Å². The minimum absolute atomic E-state index is 0.198. The second-order valence-corrected chi connectivity index (χ2v) is 11.0. The Labute approximate surface area is 252 Å². The number of anilines is 1. The lowest BCUT2D eigenvalue weighted by Crippen LogP contribution is -2.44. The number of aromatic amines is 1. The first-order valence-corrected chi connectivity index (χ1v) is 14.3. The largest absolute Gasteiger partial charge is 0.497 e. The normalized spacial score (nSPS) is 17.6. The Morgan fingerprint density at radius 2 is 1.74 bits per heavy atom. The number of halogens is 1. The van der Waals surface area contributed by atoms with E-state index in [0.29, 0.717) is 17.2 Å². The molecule has 0 spiro atoms. The number of urea groups is 1. The van der Waals surface area contributed by atoms with Crippen molar-refractivity contribution in [2.75, 3.05) is 12.0 Å². The Kier molecular flexibility index (Phi) is 6.63. The number of hydrogen-bond acceptors (Lipinski definition) is 4. The number of carbonyl (C=O) groups excluding carboxylic acids is 3. The van der Waals surface area contributed by atoms with Gasteiger partial charge in [0.05, 0.1) is 18.4 Å². The van der Waals surface area contributed by atoms with Crippen LogP contribution in [0.1, 0.15) is 38.8 Å². The van der Waals surface area contributed by atoms with E-state index >= 15 is 0 Å². The zero-order valence-corrected chi connectivity index (χ0v) is 24.0. The highest BCUT2D eigenvalue weighted by atomic mass is 35.5. The fourth-order valence-electron chi connectivity index (χ4n) is 6.23. The smallest absolute Gasteiger partial charge is 0.332 e. The van der Waals surface area contributed by atoms with E-state index in [4.69, 9.17) is 16.3 Å². The van der Waals surface area contributed by atoms with Gasteiger partial charge in [-0.05, 0) is 53.1 Å². The van der Waals surface area contributed by atoms with Gasteiger partial charge in [-0.15, -0.1) is 0 Å². The molecule has 5 aromatic rings. The predicted molar refractivity (Wildman–Crippen MR) is 164 cm³/mol. The highest BCUT2D eigenvalue weighted by Crippen LogP contribution is 2.45. The quantitative estimate of drug-likeness (QED) is 0.229. The molecule has 214 valence electrons. The Morgan fingerprint density at radius 1 is 0.977 bits per heavy atom. The molecule has 4 amide bonds. The SMILES string of the molecule is COc1cccc([C@@H]2c3[nH]c4ccccc4c3C[C@H]3C(=O)N(c4ccccc4C(=O)NCc4ccccc4Cl)C(=O)N23)c1. The number of carbonyl (C=O) groups is 3. The second kappa shape index (κ2) is 10.6. The van der Waals surface area contributed by atoms with E-state index in [1.165, 1.54) is 0 Å². The summed E-state index contributed by atoms with van der Waals surface area (Å²) in [7, 11) is 1.59. The van der Waals surface area contributed by atoms with E-state index in [2.05, 4.69) is 10.3 Å². The Balaban J connectivity index is 1.29. The van der Waals surface area contributed by atoms with Crippen LogP contribution in [0.3, 0.4) is 0 Å². The van der Waals surface area contributed by atoms with Gasteiger partial charge in [0.1, 0.15) is 17.8 Å². The van der Waals surface area contributed by atoms with Gasteiger partial charge in [-0.3, -0.25) is 14.5 Å². The summed E-state index contributed by atoms with van der Waals surface area (Å²) in [5, 5.41) is 4.44. The molecule has 2 aliphatic heterocycles. The van der Waals surface area contributed by atoms with Crippen molar-refractivity contribution in [1.29, 1.82) is 0 Å². The number of rotatable bonds is 6. The summed E-state index contributed by atoms with van der Waals surface area (Å²) in [5.41, 5.74) is 4.83. The average Bonchev–Trinajstić information content (AvgIpc) is 3.53. The number of nitrogens with zero attached hydrogens (tertiary/aromatic N) is 2. The standard InChI is InChI=1S/C34H27ClN4O4/c1-43-22-11-8-10-20(17-22)31-30-25(23-12-3-6-15-27(23)37-30)18-29-33(41)39(34(42)38(29)31)28-16-7-4-13-24(28)32(40)36-19-21-9-2-5-14-26(21)35/h2-17,29,31,37H,18-19H2,1H3,(H,36,40)/t29-,31+/m0/s1. The number of H-pyrrole nitrogens is 1. The molecule has 43 heavy (non-hydrogen) atoms. The third-order valence-corrected chi connectivity index (χ3v) is 8.61. The molecule has 0 radical (unpaired) electrons. The van der Waals surface area contributed by atoms with E-state index < -0.39 is 24.0 Å². The van der Waals surface area contributed by atoms with Crippen molar-refractivity contribution in [3.05, 3.63) is 130 Å². The third kappa shape index (κ3) is 4.42. The summed E-state index contributed by atoms with van der Waals surface area (Å²) < 4.78 is 5.50. The predicted octanol–water partition coefficient (Wildman–Crippen LogP) is 6.24. The van der Waals surface area contributed by atoms with Crippen LogP contribution in [-0.4, -0.2) is 40.9 Å². The number of hydrogen-bond donors (Lipinski definition) is 2. The van der Waals surface area contributed by atoms with Crippen molar-refractivity contribution >= 4 is 46.0 Å². The summed E-state index contributed by atoms with van der Waals surface area (Å²) in [6, 6.07) is 27.6. The Morgan fingerprint density at radius 3 is 2.58 bits per heavy atom. The number of ether oxygens (including phenoxy) is 1. The van der Waals surface area contributed by atoms with Crippen molar-refractivity contribution < 1.29 is 19.1 Å². The highest BCUT2D eigenvalue weighted by molar-refractivity contribution is 6.31. The number of nitrogens with one attached hydrogen (secondary N) is 2. The molecule has 2 atom stereocenters. The lowest BCUT2D eigenvalue weighted by Gasteiger charge is -2.36. The third-order valence-electron chi connectivity index (χ3n) is 8.25. The number of fused-ring (bicyclic) bond motifs is 4. The number of para-hydroxylation sites is 2. The summed E-state index contributed by atoms with van der Waals surface area (Å²) in [5.74, 6) is -0.144. The Bertz CT molecular complexity index is 1920. The highest BCUT2D eigenvalue weighted by Gasteiger charge is 2.53. The van der Waals surface area contributed by atoms with Crippen LogP contribution in [0, 0.1) is 0 Å². The van der Waals surface area contributed by atoms with Crippen LogP contribution in [0.2, 0.25) is 5.02 Å². The first kappa shape index (κ1) is 26.8. The zero-order chi connectivity index (χ0) is 29.7. The maximum atomic E-state index is 14.3. The monoisotopic (exact) mass is 590 g/mol. The van der Waals surface area contributed by atoms with Gasteiger partial charge in [-0.2, -0.15) is 0 Å². The van der Waals surface area contributed by atoms with Crippen LogP contribution in [0.15, 0.2) is 97.1 Å². The van der Waals surface area contributed by atoms with Crippen molar-refractivity contribution in [2.45, 2.75) is 25.0 Å². The summed E-state index contributed by atoms with van der Waals surface area (Å²) in [6.07, 6.45) is 0.349. The fourth-order valence-corrected chi connectivity index (χ4v) is 6.43. The van der Waals surface area contributed by atoms with Crippen LogP contribution in [0.25, 0.3) is 10.9 Å². The van der Waals surface area contributed by atoms with Gasteiger partial charge >= 0.3 is 6.03 Å². The molecule has 3 heterocycles. The van der Waals surface area contributed by atoms with Crippen LogP contribution in [0.5, 0.6) is 5.75 Å². The van der Waals surface area contributed by atoms with Gasteiger partial charge in [0, 0.05) is 34.6 Å². The number of amides is 4. The maximum Gasteiger partial charge on any atom is 0.332 e. The molecule has 2 N–H and O–H groups in total. The molecular formula is C34H27ClN4O4. The first-order valence-electron chi connectivity index (χ1n) is 14.0. The van der Waals surface area contributed by atoms with Crippen LogP contribution in [-0.2, 0) is 17.8 Å². The van der Waals surface area contributed by atoms with Gasteiger partial charge in [0.15, 0.2) is 0 Å². The van der Waals surface area contributed by atoms with Crippen LogP contribution < -0.4 is 15.0 Å². The molecular weight excluding hydrogens is 564 g/mol. The van der Waals surface area contributed by atoms with E-state index in [1.54, 1.807) is 42.3 Å². The lowest BCUT2D eigenvalue weighted by atomic mass is 9.89. The topological polar surface area (TPSA) is 94.7 Å². The molecule has 0 unspecified atom stereocenters. The summed E-state index contributed by atoms with van der Waals surface area (Å²) >= 11 is 6.28. The molecule has 2 aliphatic rings. The minimum atomic E-state index is -0.755. The number of aromatic nitrogens is 1.